The number of halogens is 3. The van der Waals surface area contributed by atoms with Crippen LogP contribution in [0.5, 0.6) is 0 Å². The predicted molar refractivity (Wildman–Crippen MR) is 164 cm³/mol. The number of rotatable bonds is 13. The van der Waals surface area contributed by atoms with Crippen LogP contribution in [0.15, 0.2) is 64.6 Å². The highest BCUT2D eigenvalue weighted by molar-refractivity contribution is 7.89. The Labute approximate surface area is 273 Å². The van der Waals surface area contributed by atoms with Crippen LogP contribution >= 0.6 is 0 Å². The maximum absolute atomic E-state index is 13.2. The van der Waals surface area contributed by atoms with Crippen molar-refractivity contribution in [3.05, 3.63) is 54.6 Å². The van der Waals surface area contributed by atoms with Crippen molar-refractivity contribution in [2.75, 3.05) is 32.8 Å². The Bertz CT molecular complexity index is 1560. The van der Waals surface area contributed by atoms with E-state index < -0.39 is 58.5 Å². The van der Waals surface area contributed by atoms with Crippen molar-refractivity contribution < 1.29 is 55.7 Å². The molecule has 48 heavy (non-hydrogen) atoms. The second-order valence-corrected chi connectivity index (χ2v) is 12.5. The maximum Gasteiger partial charge on any atom is 0.490 e. The van der Waals surface area contributed by atoms with Gasteiger partial charge in [-0.2, -0.15) is 18.3 Å². The third-order valence-electron chi connectivity index (χ3n) is 7.32. The molecule has 1 aliphatic carbocycles. The molecule has 15 nitrogen and oxygen atoms in total. The van der Waals surface area contributed by atoms with Crippen molar-refractivity contribution in [1.82, 2.24) is 20.3 Å². The zero-order valence-corrected chi connectivity index (χ0v) is 26.1. The molecule has 2 amide bonds. The molecule has 4 rings (SSSR count). The standard InChI is InChI=1S/C27H34N6O7S.C2HF3O2/c28-31-17-33-12-13-40-20(16-33)14-30-27(37)25-22(10-11-23(34)29-15-24(35)36)26(25)32-41(38,39)21-8-6-19(7-9-21)18-4-2-1-3-5-18;3-2(4,5)1(6)7/h1-9,17,20,22,25-26,32H,10-16,28H2,(H,29,34)(H,30,37)(H,35,36);(H,6,7)/t20-,22?,25+,26+;/m1./s1. The summed E-state index contributed by atoms with van der Waals surface area (Å²) in [6.07, 6.45) is -3.74. The number of hydrogen-bond donors (Lipinski definition) is 6. The van der Waals surface area contributed by atoms with Gasteiger partial charge < -0.3 is 36.3 Å². The lowest BCUT2D eigenvalue weighted by Crippen LogP contribution is -2.47. The summed E-state index contributed by atoms with van der Waals surface area (Å²) in [5, 5.41) is 24.5. The minimum atomic E-state index is -5.08. The molecule has 1 saturated carbocycles. The minimum Gasteiger partial charge on any atom is -0.480 e. The summed E-state index contributed by atoms with van der Waals surface area (Å²) in [5.74, 6) is -0.714. The molecule has 2 aromatic carbocycles. The number of carboxylic acid groups (broad SMARTS) is 2. The van der Waals surface area contributed by atoms with Crippen molar-refractivity contribution in [3.8, 4) is 11.1 Å². The zero-order valence-electron chi connectivity index (χ0n) is 25.3. The molecule has 0 spiro atoms. The molecule has 1 heterocycles. The van der Waals surface area contributed by atoms with Gasteiger partial charge in [-0.05, 0) is 35.6 Å². The molecule has 0 aromatic heterocycles. The minimum absolute atomic E-state index is 0.0507. The zero-order chi connectivity index (χ0) is 35.5. The number of hydrazone groups is 1. The van der Waals surface area contributed by atoms with E-state index in [1.54, 1.807) is 12.1 Å². The van der Waals surface area contributed by atoms with E-state index in [-0.39, 0.29) is 36.3 Å². The van der Waals surface area contributed by atoms with Crippen LogP contribution in [0.25, 0.3) is 11.1 Å². The van der Waals surface area contributed by atoms with Gasteiger partial charge in [0, 0.05) is 32.1 Å². The molecule has 1 unspecified atom stereocenters. The number of nitrogens with zero attached hydrogens (tertiary/aromatic N) is 2. The number of nitrogens with two attached hydrogens (primary N) is 1. The van der Waals surface area contributed by atoms with Gasteiger partial charge in [-0.15, -0.1) is 0 Å². The third kappa shape index (κ3) is 11.5. The Morgan fingerprint density at radius 2 is 1.65 bits per heavy atom. The van der Waals surface area contributed by atoms with Crippen molar-refractivity contribution in [2.45, 2.75) is 36.1 Å². The highest BCUT2D eigenvalue weighted by Gasteiger charge is 2.56. The molecule has 7 N–H and O–H groups in total. The quantitative estimate of drug-likeness (QED) is 0.0733. The number of alkyl halides is 3. The number of ether oxygens (including phenoxy) is 1. The molecule has 4 atom stereocenters. The fourth-order valence-corrected chi connectivity index (χ4v) is 6.22. The first-order valence-electron chi connectivity index (χ1n) is 14.5. The monoisotopic (exact) mass is 700 g/mol. The van der Waals surface area contributed by atoms with E-state index in [9.17, 15) is 36.0 Å². The summed E-state index contributed by atoms with van der Waals surface area (Å²) in [6, 6.07) is 15.3. The topological polar surface area (TPSA) is 230 Å². The number of morpholine rings is 1. The van der Waals surface area contributed by atoms with Crippen LogP contribution in [0.2, 0.25) is 0 Å². The Balaban J connectivity index is 0.000000804. The number of carbonyl (C=O) groups excluding carboxylic acids is 2. The van der Waals surface area contributed by atoms with E-state index in [2.05, 4.69) is 20.5 Å². The average Bonchev–Trinajstić information content (AvgIpc) is 3.73. The van der Waals surface area contributed by atoms with Gasteiger partial charge in [0.05, 0.1) is 23.5 Å². The number of benzene rings is 2. The number of sulfonamides is 1. The van der Waals surface area contributed by atoms with E-state index in [1.165, 1.54) is 18.5 Å². The SMILES string of the molecule is NN=CN1CCO[C@H](CNC(=O)[C@H]2C(CCC(=O)NCC(=O)O)[C@@H]2NS(=O)(=O)c2ccc(-c3ccccc3)cc2)C1.O=C(O)C(F)(F)F. The normalized spacial score (nSPS) is 20.7. The Kier molecular flexibility index (Phi) is 13.3. The molecule has 0 radical (unpaired) electrons. The molecule has 262 valence electrons. The Morgan fingerprint density at radius 3 is 2.23 bits per heavy atom. The second-order valence-electron chi connectivity index (χ2n) is 10.7. The highest BCUT2D eigenvalue weighted by Crippen LogP contribution is 2.43. The molecule has 1 saturated heterocycles. The number of nitrogens with one attached hydrogen (secondary N) is 3. The van der Waals surface area contributed by atoms with Crippen molar-refractivity contribution >= 4 is 40.1 Å². The number of hydrogen-bond acceptors (Lipinski definition) is 9. The summed E-state index contributed by atoms with van der Waals surface area (Å²) in [5.41, 5.74) is 1.81. The summed E-state index contributed by atoms with van der Waals surface area (Å²) in [4.78, 5) is 46.8. The number of amides is 2. The molecule has 2 fully saturated rings. The van der Waals surface area contributed by atoms with Gasteiger partial charge in [0.2, 0.25) is 21.8 Å². The van der Waals surface area contributed by atoms with Crippen LogP contribution in [0, 0.1) is 11.8 Å². The number of aliphatic carboxylic acids is 2. The predicted octanol–water partition coefficient (Wildman–Crippen LogP) is 0.580. The lowest BCUT2D eigenvalue weighted by Gasteiger charge is -2.31. The summed E-state index contributed by atoms with van der Waals surface area (Å²) >= 11 is 0. The fourth-order valence-electron chi connectivity index (χ4n) is 4.91. The molecular weight excluding hydrogens is 665 g/mol. The van der Waals surface area contributed by atoms with Gasteiger partial charge in [0.25, 0.3) is 0 Å². The van der Waals surface area contributed by atoms with Crippen LogP contribution in [-0.2, 0) is 33.9 Å². The van der Waals surface area contributed by atoms with Crippen LogP contribution in [0.4, 0.5) is 13.2 Å². The summed E-state index contributed by atoms with van der Waals surface area (Å²) < 4.78 is 66.5. The summed E-state index contributed by atoms with van der Waals surface area (Å²) in [7, 11) is -3.97. The lowest BCUT2D eigenvalue weighted by atomic mass is 10.1. The molecule has 2 aliphatic rings. The third-order valence-corrected chi connectivity index (χ3v) is 8.80. The van der Waals surface area contributed by atoms with Gasteiger partial charge in [0.15, 0.2) is 0 Å². The van der Waals surface area contributed by atoms with Crippen molar-refractivity contribution in [3.63, 3.8) is 0 Å². The molecule has 0 bridgehead atoms. The number of carbonyl (C=O) groups is 4. The number of carboxylic acids is 2. The molecule has 1 aliphatic heterocycles. The van der Waals surface area contributed by atoms with E-state index >= 15 is 0 Å². The van der Waals surface area contributed by atoms with Crippen LogP contribution in [0.3, 0.4) is 0 Å². The lowest BCUT2D eigenvalue weighted by molar-refractivity contribution is -0.192. The van der Waals surface area contributed by atoms with Crippen molar-refractivity contribution in [2.24, 2.45) is 22.8 Å². The maximum atomic E-state index is 13.2. The first-order chi connectivity index (χ1) is 22.6. The fraction of sp³-hybridized carbons (Fsp3) is 0.414. The van der Waals surface area contributed by atoms with Crippen LogP contribution < -0.4 is 21.2 Å². The largest absolute Gasteiger partial charge is 0.490 e. The molecule has 19 heteroatoms. The Morgan fingerprint density at radius 1 is 1.02 bits per heavy atom. The van der Waals surface area contributed by atoms with Gasteiger partial charge >= 0.3 is 18.1 Å². The van der Waals surface area contributed by atoms with E-state index in [4.69, 9.17) is 25.6 Å². The van der Waals surface area contributed by atoms with E-state index in [1.807, 2.05) is 35.2 Å². The first-order valence-corrected chi connectivity index (χ1v) is 15.9. The second kappa shape index (κ2) is 16.9. The Hall–Kier alpha value is -4.75. The van der Waals surface area contributed by atoms with Crippen molar-refractivity contribution in [1.29, 1.82) is 0 Å². The smallest absolute Gasteiger partial charge is 0.480 e. The van der Waals surface area contributed by atoms with E-state index in [0.717, 1.165) is 11.1 Å². The molecule has 2 aromatic rings. The van der Waals surface area contributed by atoms with Gasteiger partial charge in [0.1, 0.15) is 12.9 Å². The van der Waals surface area contributed by atoms with Gasteiger partial charge in [-0.25, -0.2) is 17.9 Å². The van der Waals surface area contributed by atoms with Gasteiger partial charge in [-0.1, -0.05) is 42.5 Å². The average molecular weight is 701 g/mol. The van der Waals surface area contributed by atoms with Gasteiger partial charge in [-0.3, -0.25) is 14.4 Å². The highest BCUT2D eigenvalue weighted by atomic mass is 32.2. The molecular formula is C29H35F3N6O9S. The van der Waals surface area contributed by atoms with Crippen LogP contribution in [-0.4, -0.2) is 105 Å². The summed E-state index contributed by atoms with van der Waals surface area (Å²) in [6.45, 7) is 1.23. The first kappa shape index (κ1) is 37.7. The van der Waals surface area contributed by atoms with E-state index in [0.29, 0.717) is 19.7 Å². The van der Waals surface area contributed by atoms with Crippen LogP contribution in [0.1, 0.15) is 12.8 Å².